The van der Waals surface area contributed by atoms with Gasteiger partial charge in [-0.15, -0.1) is 0 Å². The van der Waals surface area contributed by atoms with E-state index in [2.05, 4.69) is 44.8 Å². The zero-order valence-electron chi connectivity index (χ0n) is 14.5. The van der Waals surface area contributed by atoms with Gasteiger partial charge in [0.05, 0.1) is 0 Å². The Balaban J connectivity index is 1.78. The Hall–Kier alpha value is -2.56. The van der Waals surface area contributed by atoms with Crippen LogP contribution in [0.2, 0.25) is 0 Å². The van der Waals surface area contributed by atoms with Crippen molar-refractivity contribution in [3.8, 4) is 0 Å². The molecule has 2 N–H and O–H groups in total. The number of nitrogens with zero attached hydrogens (tertiary/aromatic N) is 2. The standard InChI is InChI=1S/C19H25FN4/c1-21-19(23-14-16-6-4-5-7-18(16)20)22-13-12-15-8-10-17(11-9-15)24(2)3/h4-11H,12-14H2,1-3H3,(H2,21,22,23). The first kappa shape index (κ1) is 17.8. The van der Waals surface area contributed by atoms with E-state index in [1.54, 1.807) is 19.2 Å². The van der Waals surface area contributed by atoms with Crippen molar-refractivity contribution in [2.45, 2.75) is 13.0 Å². The smallest absolute Gasteiger partial charge is 0.191 e. The molecule has 0 atom stereocenters. The van der Waals surface area contributed by atoms with Crippen LogP contribution >= 0.6 is 0 Å². The van der Waals surface area contributed by atoms with Crippen LogP contribution < -0.4 is 15.5 Å². The average Bonchev–Trinajstić information content (AvgIpc) is 2.59. The number of aliphatic imine (C=N–C) groups is 1. The monoisotopic (exact) mass is 328 g/mol. The number of hydrogen-bond acceptors (Lipinski definition) is 2. The third-order valence-electron chi connectivity index (χ3n) is 3.79. The van der Waals surface area contributed by atoms with Crippen LogP contribution in [0.15, 0.2) is 53.5 Å². The molecule has 0 unspecified atom stereocenters. The average molecular weight is 328 g/mol. The lowest BCUT2D eigenvalue weighted by Gasteiger charge is -2.14. The van der Waals surface area contributed by atoms with E-state index < -0.39 is 0 Å². The summed E-state index contributed by atoms with van der Waals surface area (Å²) in [6.45, 7) is 1.17. The first-order valence-corrected chi connectivity index (χ1v) is 8.04. The van der Waals surface area contributed by atoms with Crippen LogP contribution in [-0.2, 0) is 13.0 Å². The number of guanidine groups is 1. The normalized spacial score (nSPS) is 11.2. The molecule has 0 aliphatic carbocycles. The fourth-order valence-corrected chi connectivity index (χ4v) is 2.33. The van der Waals surface area contributed by atoms with E-state index >= 15 is 0 Å². The van der Waals surface area contributed by atoms with Crippen LogP contribution in [0.5, 0.6) is 0 Å². The first-order valence-electron chi connectivity index (χ1n) is 8.04. The highest BCUT2D eigenvalue weighted by Gasteiger charge is 2.03. The van der Waals surface area contributed by atoms with Crippen molar-refractivity contribution in [2.75, 3.05) is 32.6 Å². The molecule has 0 aliphatic heterocycles. The highest BCUT2D eigenvalue weighted by Crippen LogP contribution is 2.12. The largest absolute Gasteiger partial charge is 0.378 e. The lowest BCUT2D eigenvalue weighted by Crippen LogP contribution is -2.38. The number of rotatable bonds is 6. The van der Waals surface area contributed by atoms with Crippen LogP contribution in [0.25, 0.3) is 0 Å². The SMILES string of the molecule is CN=C(NCCc1ccc(N(C)C)cc1)NCc1ccccc1F. The molecule has 0 radical (unpaired) electrons. The molecule has 0 heterocycles. The molecule has 0 saturated heterocycles. The van der Waals surface area contributed by atoms with E-state index in [4.69, 9.17) is 0 Å². The van der Waals surface area contributed by atoms with E-state index in [-0.39, 0.29) is 5.82 Å². The molecule has 0 amide bonds. The van der Waals surface area contributed by atoms with Crippen LogP contribution in [-0.4, -0.2) is 33.6 Å². The Bertz CT molecular complexity index is 665. The van der Waals surface area contributed by atoms with Gasteiger partial charge in [0.25, 0.3) is 0 Å². The van der Waals surface area contributed by atoms with Gasteiger partial charge in [0, 0.05) is 45.5 Å². The van der Waals surface area contributed by atoms with Gasteiger partial charge in [0.15, 0.2) is 5.96 Å². The summed E-state index contributed by atoms with van der Waals surface area (Å²) in [5, 5.41) is 6.38. The predicted octanol–water partition coefficient (Wildman–Crippen LogP) is 2.80. The lowest BCUT2D eigenvalue weighted by atomic mass is 10.1. The molecule has 4 nitrogen and oxygen atoms in total. The third kappa shape index (κ3) is 5.26. The van der Waals surface area contributed by atoms with Crippen molar-refractivity contribution in [3.63, 3.8) is 0 Å². The van der Waals surface area contributed by atoms with Crippen molar-refractivity contribution in [2.24, 2.45) is 4.99 Å². The second kappa shape index (κ2) is 8.91. The van der Waals surface area contributed by atoms with Crippen LogP contribution in [0.4, 0.5) is 10.1 Å². The minimum Gasteiger partial charge on any atom is -0.378 e. The van der Waals surface area contributed by atoms with E-state index in [1.165, 1.54) is 17.3 Å². The second-order valence-electron chi connectivity index (χ2n) is 5.75. The summed E-state index contributed by atoms with van der Waals surface area (Å²) in [5.41, 5.74) is 3.08. The fourth-order valence-electron chi connectivity index (χ4n) is 2.33. The molecule has 0 bridgehead atoms. The molecule has 5 heteroatoms. The number of hydrogen-bond donors (Lipinski definition) is 2. The zero-order valence-corrected chi connectivity index (χ0v) is 14.5. The summed E-state index contributed by atoms with van der Waals surface area (Å²) in [4.78, 5) is 6.25. The quantitative estimate of drug-likeness (QED) is 0.633. The Morgan fingerprint density at radius 1 is 1.04 bits per heavy atom. The van der Waals surface area contributed by atoms with Crippen molar-refractivity contribution in [1.82, 2.24) is 10.6 Å². The molecule has 0 fully saturated rings. The fraction of sp³-hybridized carbons (Fsp3) is 0.316. The number of nitrogens with one attached hydrogen (secondary N) is 2. The summed E-state index contributed by atoms with van der Waals surface area (Å²) in [6, 6.07) is 15.2. The topological polar surface area (TPSA) is 39.7 Å². The first-order chi connectivity index (χ1) is 11.6. The molecular weight excluding hydrogens is 303 g/mol. The Labute approximate surface area is 143 Å². The van der Waals surface area contributed by atoms with E-state index in [0.29, 0.717) is 18.1 Å². The number of benzene rings is 2. The summed E-state index contributed by atoms with van der Waals surface area (Å²) in [5.74, 6) is 0.463. The van der Waals surface area contributed by atoms with Gasteiger partial charge in [-0.25, -0.2) is 4.39 Å². The van der Waals surface area contributed by atoms with E-state index in [9.17, 15) is 4.39 Å². The molecule has 2 aromatic carbocycles. The summed E-state index contributed by atoms with van der Waals surface area (Å²) >= 11 is 0. The van der Waals surface area contributed by atoms with Crippen LogP contribution in [0.3, 0.4) is 0 Å². The maximum absolute atomic E-state index is 13.6. The molecule has 2 aromatic rings. The van der Waals surface area contributed by atoms with Gasteiger partial charge >= 0.3 is 0 Å². The molecule has 0 aliphatic rings. The highest BCUT2D eigenvalue weighted by molar-refractivity contribution is 5.79. The van der Waals surface area contributed by atoms with Crippen LogP contribution in [0.1, 0.15) is 11.1 Å². The maximum atomic E-state index is 13.6. The van der Waals surface area contributed by atoms with Gasteiger partial charge in [-0.1, -0.05) is 30.3 Å². The molecule has 0 saturated carbocycles. The van der Waals surface area contributed by atoms with E-state index in [1.807, 2.05) is 20.2 Å². The third-order valence-corrected chi connectivity index (χ3v) is 3.79. The number of halogens is 1. The summed E-state index contributed by atoms with van der Waals surface area (Å²) in [7, 11) is 5.77. The maximum Gasteiger partial charge on any atom is 0.191 e. The molecule has 128 valence electrons. The van der Waals surface area contributed by atoms with E-state index in [0.717, 1.165) is 13.0 Å². The highest BCUT2D eigenvalue weighted by atomic mass is 19.1. The second-order valence-corrected chi connectivity index (χ2v) is 5.75. The minimum absolute atomic E-state index is 0.207. The van der Waals surface area contributed by atoms with Crippen molar-refractivity contribution in [3.05, 3.63) is 65.5 Å². The summed E-state index contributed by atoms with van der Waals surface area (Å²) < 4.78 is 13.6. The van der Waals surface area contributed by atoms with Gasteiger partial charge in [-0.3, -0.25) is 4.99 Å². The molecular formula is C19H25FN4. The zero-order chi connectivity index (χ0) is 17.4. The Morgan fingerprint density at radius 3 is 2.38 bits per heavy atom. The molecule has 0 aromatic heterocycles. The van der Waals surface area contributed by atoms with Gasteiger partial charge in [-0.2, -0.15) is 0 Å². The molecule has 0 spiro atoms. The Kier molecular flexibility index (Phi) is 6.61. The van der Waals surface area contributed by atoms with Crippen LogP contribution in [0, 0.1) is 5.82 Å². The molecule has 2 rings (SSSR count). The van der Waals surface area contributed by atoms with Gasteiger partial charge in [0.1, 0.15) is 5.82 Å². The Morgan fingerprint density at radius 2 is 1.75 bits per heavy atom. The minimum atomic E-state index is -0.207. The van der Waals surface area contributed by atoms with Gasteiger partial charge < -0.3 is 15.5 Å². The van der Waals surface area contributed by atoms with Crippen molar-refractivity contribution < 1.29 is 4.39 Å². The van der Waals surface area contributed by atoms with Gasteiger partial charge in [0.2, 0.25) is 0 Å². The molecule has 24 heavy (non-hydrogen) atoms. The van der Waals surface area contributed by atoms with Gasteiger partial charge in [-0.05, 0) is 30.2 Å². The number of anilines is 1. The predicted molar refractivity (Wildman–Crippen MR) is 99.1 cm³/mol. The van der Waals surface area contributed by atoms with Crippen molar-refractivity contribution in [1.29, 1.82) is 0 Å². The van der Waals surface area contributed by atoms with Crippen molar-refractivity contribution >= 4 is 11.6 Å². The lowest BCUT2D eigenvalue weighted by molar-refractivity contribution is 0.604. The summed E-state index contributed by atoms with van der Waals surface area (Å²) in [6.07, 6.45) is 0.897.